The maximum atomic E-state index is 4.68. The van der Waals surface area contributed by atoms with Gasteiger partial charge in [0.15, 0.2) is 5.13 Å². The number of thioether (sulfide) groups is 1. The Morgan fingerprint density at radius 2 is 2.37 bits per heavy atom. The minimum absolute atomic E-state index is 0.605. The number of fused-ring (bicyclic) bond motifs is 1. The van der Waals surface area contributed by atoms with Crippen molar-refractivity contribution in [2.24, 2.45) is 0 Å². The van der Waals surface area contributed by atoms with Gasteiger partial charge >= 0.3 is 0 Å². The lowest BCUT2D eigenvalue weighted by Crippen LogP contribution is -2.15. The monoisotopic (exact) mass is 356 g/mol. The van der Waals surface area contributed by atoms with Crippen LogP contribution in [0.5, 0.6) is 0 Å². The summed E-state index contributed by atoms with van der Waals surface area (Å²) >= 11 is 7.35. The fourth-order valence-corrected chi connectivity index (χ4v) is 5.01. The van der Waals surface area contributed by atoms with Crippen molar-refractivity contribution in [1.82, 2.24) is 4.98 Å². The molecule has 1 aromatic carbocycles. The molecule has 19 heavy (non-hydrogen) atoms. The molecule has 0 saturated heterocycles. The maximum Gasteiger partial charge on any atom is 0.184 e. The van der Waals surface area contributed by atoms with E-state index in [1.54, 1.807) is 11.3 Å². The van der Waals surface area contributed by atoms with Crippen LogP contribution in [0, 0.1) is 0 Å². The van der Waals surface area contributed by atoms with Gasteiger partial charge in [0.05, 0.1) is 10.2 Å². The lowest BCUT2D eigenvalue weighted by molar-refractivity contribution is 0.756. The molecule has 2 nitrogen and oxygen atoms in total. The van der Waals surface area contributed by atoms with Gasteiger partial charge in [-0.25, -0.2) is 4.98 Å². The van der Waals surface area contributed by atoms with Gasteiger partial charge in [-0.05, 0) is 43.2 Å². The van der Waals surface area contributed by atoms with Crippen LogP contribution in [-0.2, 0) is 0 Å². The zero-order valence-electron chi connectivity index (χ0n) is 10.9. The molecule has 0 spiro atoms. The first kappa shape index (κ1) is 13.7. The van der Waals surface area contributed by atoms with Crippen molar-refractivity contribution in [2.45, 2.75) is 37.5 Å². The summed E-state index contributed by atoms with van der Waals surface area (Å²) in [6.45, 7) is 2.25. The first-order valence-electron chi connectivity index (χ1n) is 6.69. The number of halogens is 1. The Morgan fingerprint density at radius 3 is 3.21 bits per heavy atom. The molecule has 1 fully saturated rings. The fourth-order valence-electron chi connectivity index (χ4n) is 2.60. The normalized spacial score (nSPS) is 23.1. The average molecular weight is 357 g/mol. The Bertz CT molecular complexity index is 570. The first-order valence-corrected chi connectivity index (χ1v) is 9.34. The first-order chi connectivity index (χ1) is 9.24. The number of anilines is 1. The second-order valence-electron chi connectivity index (χ2n) is 4.86. The molecule has 1 aliphatic carbocycles. The topological polar surface area (TPSA) is 24.9 Å². The molecule has 2 unspecified atom stereocenters. The van der Waals surface area contributed by atoms with Crippen LogP contribution in [0.3, 0.4) is 0 Å². The molecule has 102 valence electrons. The highest BCUT2D eigenvalue weighted by Crippen LogP contribution is 2.34. The molecule has 0 radical (unpaired) electrons. The van der Waals surface area contributed by atoms with E-state index in [1.807, 2.05) is 0 Å². The van der Waals surface area contributed by atoms with E-state index in [4.69, 9.17) is 0 Å². The van der Waals surface area contributed by atoms with E-state index in [1.165, 1.54) is 29.7 Å². The lowest BCUT2D eigenvalue weighted by atomic mass is 10.3. The Morgan fingerprint density at radius 1 is 1.47 bits per heavy atom. The molecule has 0 amide bonds. The Hall–Kier alpha value is -0.260. The number of nitrogens with one attached hydrogen (secondary N) is 1. The van der Waals surface area contributed by atoms with Crippen LogP contribution in [-0.4, -0.2) is 22.0 Å². The summed E-state index contributed by atoms with van der Waals surface area (Å²) in [6.07, 6.45) is 3.89. The summed E-state index contributed by atoms with van der Waals surface area (Å²) in [5.74, 6) is 1.23. The molecular formula is C14H17BrN2S2. The van der Waals surface area contributed by atoms with E-state index in [0.717, 1.165) is 20.4 Å². The van der Waals surface area contributed by atoms with E-state index in [2.05, 4.69) is 63.1 Å². The highest BCUT2D eigenvalue weighted by Gasteiger charge is 2.25. The van der Waals surface area contributed by atoms with Crippen LogP contribution >= 0.6 is 39.0 Å². The standard InChI is InChI=1S/C14H17BrN2S2/c1-2-18-11-5-4-10(8-11)16-14-17-12-7-9(15)3-6-13(12)19-14/h3,6-7,10-11H,2,4-5,8H2,1H3,(H,16,17). The zero-order valence-corrected chi connectivity index (χ0v) is 14.1. The summed E-state index contributed by atoms with van der Waals surface area (Å²) in [5.41, 5.74) is 1.08. The summed E-state index contributed by atoms with van der Waals surface area (Å²) < 4.78 is 2.35. The van der Waals surface area contributed by atoms with Crippen molar-refractivity contribution in [3.63, 3.8) is 0 Å². The molecule has 0 aliphatic heterocycles. The SMILES string of the molecule is CCSC1CCC(Nc2nc3cc(Br)ccc3s2)C1. The second-order valence-corrected chi connectivity index (χ2v) is 8.39. The number of hydrogen-bond donors (Lipinski definition) is 1. The van der Waals surface area contributed by atoms with Gasteiger partial charge in [-0.15, -0.1) is 0 Å². The third-order valence-electron chi connectivity index (χ3n) is 3.46. The third-order valence-corrected chi connectivity index (χ3v) is 6.16. The number of nitrogens with zero attached hydrogens (tertiary/aromatic N) is 1. The molecule has 3 rings (SSSR count). The molecular weight excluding hydrogens is 340 g/mol. The maximum absolute atomic E-state index is 4.68. The minimum atomic E-state index is 0.605. The van der Waals surface area contributed by atoms with Gasteiger partial charge in [0.2, 0.25) is 0 Å². The lowest BCUT2D eigenvalue weighted by Gasteiger charge is -2.11. The zero-order chi connectivity index (χ0) is 13.2. The van der Waals surface area contributed by atoms with E-state index in [-0.39, 0.29) is 0 Å². The van der Waals surface area contributed by atoms with E-state index in [0.29, 0.717) is 6.04 Å². The average Bonchev–Trinajstić information content (AvgIpc) is 2.96. The second kappa shape index (κ2) is 6.02. The van der Waals surface area contributed by atoms with E-state index in [9.17, 15) is 0 Å². The van der Waals surface area contributed by atoms with Gasteiger partial charge in [-0.3, -0.25) is 0 Å². The van der Waals surface area contributed by atoms with Crippen LogP contribution in [0.15, 0.2) is 22.7 Å². The van der Waals surface area contributed by atoms with Gasteiger partial charge in [-0.2, -0.15) is 11.8 Å². The van der Waals surface area contributed by atoms with Crippen molar-refractivity contribution >= 4 is 54.4 Å². The Kier molecular flexibility index (Phi) is 4.34. The van der Waals surface area contributed by atoms with Gasteiger partial charge in [0, 0.05) is 15.8 Å². The molecule has 0 bridgehead atoms. The van der Waals surface area contributed by atoms with Crippen LogP contribution in [0.4, 0.5) is 5.13 Å². The largest absolute Gasteiger partial charge is 0.359 e. The molecule has 1 saturated carbocycles. The number of benzene rings is 1. The van der Waals surface area contributed by atoms with Gasteiger partial charge < -0.3 is 5.32 Å². The Balaban J connectivity index is 1.68. The number of aromatic nitrogens is 1. The summed E-state index contributed by atoms with van der Waals surface area (Å²) in [7, 11) is 0. The van der Waals surface area contributed by atoms with Crippen LogP contribution in [0.25, 0.3) is 10.2 Å². The predicted molar refractivity (Wildman–Crippen MR) is 90.5 cm³/mol. The van der Waals surface area contributed by atoms with Crippen LogP contribution < -0.4 is 5.32 Å². The molecule has 1 N–H and O–H groups in total. The molecule has 1 aromatic heterocycles. The van der Waals surface area contributed by atoms with Crippen LogP contribution in [0.2, 0.25) is 0 Å². The molecule has 1 heterocycles. The highest BCUT2D eigenvalue weighted by molar-refractivity contribution is 9.10. The molecule has 1 aliphatic rings. The molecule has 2 aromatic rings. The predicted octanol–water partition coefficient (Wildman–Crippen LogP) is 5.14. The van der Waals surface area contributed by atoms with Gasteiger partial charge in [0.25, 0.3) is 0 Å². The number of rotatable bonds is 4. The van der Waals surface area contributed by atoms with Crippen molar-refractivity contribution in [2.75, 3.05) is 11.1 Å². The van der Waals surface area contributed by atoms with Gasteiger partial charge in [-0.1, -0.05) is 34.2 Å². The van der Waals surface area contributed by atoms with Crippen molar-refractivity contribution in [3.05, 3.63) is 22.7 Å². The van der Waals surface area contributed by atoms with Crippen molar-refractivity contribution in [3.8, 4) is 0 Å². The number of hydrogen-bond acceptors (Lipinski definition) is 4. The van der Waals surface area contributed by atoms with E-state index >= 15 is 0 Å². The Labute approximate surface area is 130 Å². The van der Waals surface area contributed by atoms with E-state index < -0.39 is 0 Å². The molecule has 5 heteroatoms. The van der Waals surface area contributed by atoms with Crippen molar-refractivity contribution < 1.29 is 0 Å². The third kappa shape index (κ3) is 3.26. The fraction of sp³-hybridized carbons (Fsp3) is 0.500. The highest BCUT2D eigenvalue weighted by atomic mass is 79.9. The van der Waals surface area contributed by atoms with Gasteiger partial charge in [0.1, 0.15) is 0 Å². The minimum Gasteiger partial charge on any atom is -0.359 e. The molecule has 2 atom stereocenters. The number of thiazole rings is 1. The smallest absolute Gasteiger partial charge is 0.184 e. The summed E-state index contributed by atoms with van der Waals surface area (Å²) in [4.78, 5) is 4.68. The summed E-state index contributed by atoms with van der Waals surface area (Å²) in [5, 5.41) is 5.53. The summed E-state index contributed by atoms with van der Waals surface area (Å²) in [6, 6.07) is 6.90. The van der Waals surface area contributed by atoms with Crippen molar-refractivity contribution in [1.29, 1.82) is 0 Å². The quantitative estimate of drug-likeness (QED) is 0.820. The van der Waals surface area contributed by atoms with Crippen LogP contribution in [0.1, 0.15) is 26.2 Å².